The highest BCUT2D eigenvalue weighted by Crippen LogP contribution is 2.20. The Morgan fingerprint density at radius 1 is 1.26 bits per heavy atom. The molecular formula is C16H26N2O. The van der Waals surface area contributed by atoms with Gasteiger partial charge in [0.2, 0.25) is 0 Å². The molecule has 1 aliphatic rings. The van der Waals surface area contributed by atoms with Gasteiger partial charge in [-0.15, -0.1) is 0 Å². The minimum atomic E-state index is 0.228. The van der Waals surface area contributed by atoms with Crippen molar-refractivity contribution in [1.82, 2.24) is 0 Å². The first kappa shape index (κ1) is 14.4. The third kappa shape index (κ3) is 4.51. The van der Waals surface area contributed by atoms with Crippen LogP contribution in [0.3, 0.4) is 0 Å². The smallest absolute Gasteiger partial charge is 0.0469 e. The Morgan fingerprint density at radius 2 is 1.89 bits per heavy atom. The number of nitrogens with two attached hydrogens (primary N) is 1. The molecule has 1 atom stereocenters. The molecule has 0 amide bonds. The molecule has 0 spiro atoms. The summed E-state index contributed by atoms with van der Waals surface area (Å²) in [7, 11) is 2.18. The van der Waals surface area contributed by atoms with E-state index >= 15 is 0 Å². The maximum atomic E-state index is 5.82. The molecule has 1 saturated heterocycles. The molecule has 0 aliphatic carbocycles. The molecule has 0 bridgehead atoms. The molecule has 1 fully saturated rings. The minimum Gasteiger partial charge on any atom is -0.381 e. The van der Waals surface area contributed by atoms with E-state index < -0.39 is 0 Å². The molecular weight excluding hydrogens is 236 g/mol. The lowest BCUT2D eigenvalue weighted by Crippen LogP contribution is -2.29. The molecule has 1 aliphatic heterocycles. The highest BCUT2D eigenvalue weighted by molar-refractivity contribution is 5.47. The molecule has 106 valence electrons. The zero-order chi connectivity index (χ0) is 13.7. The third-order valence-corrected chi connectivity index (χ3v) is 3.81. The van der Waals surface area contributed by atoms with Gasteiger partial charge in [0, 0.05) is 38.5 Å². The molecule has 3 heteroatoms. The summed E-state index contributed by atoms with van der Waals surface area (Å²) >= 11 is 0. The summed E-state index contributed by atoms with van der Waals surface area (Å²) in [6, 6.07) is 9.03. The predicted octanol–water partition coefficient (Wildman–Crippen LogP) is 2.44. The maximum absolute atomic E-state index is 5.82. The topological polar surface area (TPSA) is 38.5 Å². The second-order valence-corrected chi connectivity index (χ2v) is 5.78. The first-order chi connectivity index (χ1) is 9.15. The van der Waals surface area contributed by atoms with Crippen LogP contribution in [0.1, 0.15) is 25.3 Å². The quantitative estimate of drug-likeness (QED) is 0.886. The van der Waals surface area contributed by atoms with Gasteiger partial charge < -0.3 is 15.4 Å². The fraction of sp³-hybridized carbons (Fsp3) is 0.625. The van der Waals surface area contributed by atoms with Gasteiger partial charge in [-0.05, 0) is 49.8 Å². The van der Waals surface area contributed by atoms with Crippen molar-refractivity contribution in [3.63, 3.8) is 0 Å². The first-order valence-electron chi connectivity index (χ1n) is 7.28. The lowest BCUT2D eigenvalue weighted by molar-refractivity contribution is 0.0685. The molecule has 3 nitrogen and oxygen atoms in total. The standard InChI is InChI=1S/C16H26N2O/c1-13(17)11-14-3-5-16(6-4-14)18(2)12-15-7-9-19-10-8-15/h3-6,13,15H,7-12,17H2,1-2H3. The van der Waals surface area contributed by atoms with Gasteiger partial charge >= 0.3 is 0 Å². The van der Waals surface area contributed by atoms with Gasteiger partial charge in [0.15, 0.2) is 0 Å². The van der Waals surface area contributed by atoms with Crippen LogP contribution in [0.25, 0.3) is 0 Å². The monoisotopic (exact) mass is 262 g/mol. The summed E-state index contributed by atoms with van der Waals surface area (Å²) in [6.45, 7) is 5.01. The van der Waals surface area contributed by atoms with Crippen molar-refractivity contribution in [2.24, 2.45) is 11.7 Å². The molecule has 1 unspecified atom stereocenters. The number of rotatable bonds is 5. The molecule has 1 heterocycles. The van der Waals surface area contributed by atoms with Crippen LogP contribution in [0.4, 0.5) is 5.69 Å². The fourth-order valence-electron chi connectivity index (χ4n) is 2.68. The summed E-state index contributed by atoms with van der Waals surface area (Å²) in [6.07, 6.45) is 3.32. The summed E-state index contributed by atoms with van der Waals surface area (Å²) in [4.78, 5) is 2.35. The van der Waals surface area contributed by atoms with Crippen molar-refractivity contribution in [1.29, 1.82) is 0 Å². The van der Waals surface area contributed by atoms with Crippen molar-refractivity contribution >= 4 is 5.69 Å². The average molecular weight is 262 g/mol. The summed E-state index contributed by atoms with van der Waals surface area (Å²) < 4.78 is 5.41. The van der Waals surface area contributed by atoms with Gasteiger partial charge in [-0.25, -0.2) is 0 Å². The zero-order valence-corrected chi connectivity index (χ0v) is 12.1. The van der Waals surface area contributed by atoms with Gasteiger partial charge in [-0.1, -0.05) is 12.1 Å². The van der Waals surface area contributed by atoms with Gasteiger partial charge in [0.25, 0.3) is 0 Å². The van der Waals surface area contributed by atoms with E-state index in [1.807, 2.05) is 6.92 Å². The Labute approximate surface area is 116 Å². The van der Waals surface area contributed by atoms with Gasteiger partial charge in [-0.2, -0.15) is 0 Å². The fourth-order valence-corrected chi connectivity index (χ4v) is 2.68. The predicted molar refractivity (Wildman–Crippen MR) is 80.6 cm³/mol. The third-order valence-electron chi connectivity index (χ3n) is 3.81. The van der Waals surface area contributed by atoms with Gasteiger partial charge in [0.1, 0.15) is 0 Å². The van der Waals surface area contributed by atoms with Gasteiger partial charge in [-0.3, -0.25) is 0 Å². The number of benzene rings is 1. The van der Waals surface area contributed by atoms with Gasteiger partial charge in [0.05, 0.1) is 0 Å². The number of anilines is 1. The van der Waals surface area contributed by atoms with Crippen LogP contribution in [0.5, 0.6) is 0 Å². The molecule has 2 rings (SSSR count). The van der Waals surface area contributed by atoms with Crippen molar-refractivity contribution < 1.29 is 4.74 Å². The highest BCUT2D eigenvalue weighted by atomic mass is 16.5. The van der Waals surface area contributed by atoms with Crippen LogP contribution >= 0.6 is 0 Å². The SMILES string of the molecule is CC(N)Cc1ccc(N(C)CC2CCOCC2)cc1. The Morgan fingerprint density at radius 3 is 2.47 bits per heavy atom. The molecule has 19 heavy (non-hydrogen) atoms. The van der Waals surface area contributed by atoms with Crippen LogP contribution in [0.15, 0.2) is 24.3 Å². The Hall–Kier alpha value is -1.06. The maximum Gasteiger partial charge on any atom is 0.0469 e. The minimum absolute atomic E-state index is 0.228. The normalized spacial score (nSPS) is 18.3. The number of hydrogen-bond acceptors (Lipinski definition) is 3. The van der Waals surface area contributed by atoms with Crippen LogP contribution < -0.4 is 10.6 Å². The van der Waals surface area contributed by atoms with E-state index in [1.54, 1.807) is 0 Å². The van der Waals surface area contributed by atoms with Crippen LogP contribution in [0.2, 0.25) is 0 Å². The van der Waals surface area contributed by atoms with Crippen molar-refractivity contribution in [2.45, 2.75) is 32.2 Å². The summed E-state index contributed by atoms with van der Waals surface area (Å²) in [5, 5.41) is 0. The molecule has 0 saturated carbocycles. The Bertz CT molecular complexity index is 369. The van der Waals surface area contributed by atoms with E-state index in [9.17, 15) is 0 Å². The van der Waals surface area contributed by atoms with Crippen LogP contribution in [0, 0.1) is 5.92 Å². The molecule has 2 N–H and O–H groups in total. The van der Waals surface area contributed by atoms with E-state index in [1.165, 1.54) is 24.1 Å². The van der Waals surface area contributed by atoms with E-state index in [0.29, 0.717) is 0 Å². The molecule has 1 aromatic rings. The summed E-state index contributed by atoms with van der Waals surface area (Å²) in [5.41, 5.74) is 8.43. The average Bonchev–Trinajstić information content (AvgIpc) is 2.40. The van der Waals surface area contributed by atoms with E-state index in [2.05, 4.69) is 36.2 Å². The zero-order valence-electron chi connectivity index (χ0n) is 12.1. The first-order valence-corrected chi connectivity index (χ1v) is 7.28. The molecule has 0 aromatic heterocycles. The van der Waals surface area contributed by atoms with Crippen LogP contribution in [-0.2, 0) is 11.2 Å². The molecule has 0 radical (unpaired) electrons. The lowest BCUT2D eigenvalue weighted by atomic mass is 9.99. The second-order valence-electron chi connectivity index (χ2n) is 5.78. The Balaban J connectivity index is 1.89. The van der Waals surface area contributed by atoms with Crippen molar-refractivity contribution in [3.05, 3.63) is 29.8 Å². The van der Waals surface area contributed by atoms with E-state index in [0.717, 1.165) is 32.1 Å². The largest absolute Gasteiger partial charge is 0.381 e. The number of ether oxygens (including phenoxy) is 1. The van der Waals surface area contributed by atoms with E-state index in [-0.39, 0.29) is 6.04 Å². The van der Waals surface area contributed by atoms with E-state index in [4.69, 9.17) is 10.5 Å². The molecule has 1 aromatic carbocycles. The lowest BCUT2D eigenvalue weighted by Gasteiger charge is -2.28. The van der Waals surface area contributed by atoms with Crippen molar-refractivity contribution in [3.8, 4) is 0 Å². The highest BCUT2D eigenvalue weighted by Gasteiger charge is 2.15. The number of nitrogens with zero attached hydrogens (tertiary/aromatic N) is 1. The second kappa shape index (κ2) is 6.92. The Kier molecular flexibility index (Phi) is 5.23. The number of hydrogen-bond donors (Lipinski definition) is 1. The summed E-state index contributed by atoms with van der Waals surface area (Å²) in [5.74, 6) is 0.766. The van der Waals surface area contributed by atoms with Crippen LogP contribution in [-0.4, -0.2) is 32.8 Å². The van der Waals surface area contributed by atoms with Crippen molar-refractivity contribution in [2.75, 3.05) is 31.7 Å².